The maximum Gasteiger partial charge on any atom is 0.193 e. The van der Waals surface area contributed by atoms with Crippen LogP contribution in [0.3, 0.4) is 0 Å². The lowest BCUT2D eigenvalue weighted by molar-refractivity contribution is 1.08. The molecule has 1 N–H and O–H groups in total. The third-order valence-corrected chi connectivity index (χ3v) is 4.52. The minimum Gasteiger partial charge on any atom is -0.379 e. The first-order chi connectivity index (χ1) is 8.72. The molecule has 3 rings (SSSR count). The highest BCUT2D eigenvalue weighted by Crippen LogP contribution is 2.25. The summed E-state index contributed by atoms with van der Waals surface area (Å²) in [6.07, 6.45) is 4.04. The van der Waals surface area contributed by atoms with Crippen LogP contribution in [0.4, 0.5) is 5.69 Å². The number of nitrogens with zero attached hydrogens (tertiary/aromatic N) is 2. The molecule has 0 radical (unpaired) electrons. The topological polar surface area (TPSA) is 29.3 Å². The molecule has 0 amide bonds. The first-order valence-electron chi connectivity index (χ1n) is 5.32. The second-order valence-corrected chi connectivity index (χ2v) is 5.94. The van der Waals surface area contributed by atoms with E-state index in [1.165, 1.54) is 0 Å². The highest BCUT2D eigenvalue weighted by atomic mass is 79.9. The van der Waals surface area contributed by atoms with Crippen LogP contribution < -0.4 is 5.32 Å². The summed E-state index contributed by atoms with van der Waals surface area (Å²) in [6, 6.07) is 5.77. The van der Waals surface area contributed by atoms with E-state index in [9.17, 15) is 0 Å². The molecule has 0 atom stereocenters. The number of nitrogens with one attached hydrogen (secondary N) is 1. The maximum atomic E-state index is 5.95. The van der Waals surface area contributed by atoms with Crippen LogP contribution in [-0.2, 0) is 6.54 Å². The molecule has 3 aromatic rings. The van der Waals surface area contributed by atoms with Crippen LogP contribution in [-0.4, -0.2) is 9.38 Å². The van der Waals surface area contributed by atoms with Crippen LogP contribution in [0.25, 0.3) is 4.96 Å². The zero-order valence-corrected chi connectivity index (χ0v) is 12.4. The lowest BCUT2D eigenvalue weighted by Gasteiger charge is -2.05. The summed E-state index contributed by atoms with van der Waals surface area (Å²) in [5.74, 6) is 0. The second kappa shape index (κ2) is 4.91. The van der Waals surface area contributed by atoms with Gasteiger partial charge in [-0.15, -0.1) is 11.3 Å². The molecule has 18 heavy (non-hydrogen) atoms. The van der Waals surface area contributed by atoms with E-state index >= 15 is 0 Å². The van der Waals surface area contributed by atoms with E-state index in [4.69, 9.17) is 11.6 Å². The Morgan fingerprint density at radius 2 is 2.33 bits per heavy atom. The molecule has 0 fully saturated rings. The highest BCUT2D eigenvalue weighted by molar-refractivity contribution is 9.10. The number of benzene rings is 1. The highest BCUT2D eigenvalue weighted by Gasteiger charge is 2.03. The number of hydrogen-bond acceptors (Lipinski definition) is 3. The third kappa shape index (κ3) is 2.39. The molecule has 0 saturated carbocycles. The van der Waals surface area contributed by atoms with Crippen LogP contribution in [0.5, 0.6) is 0 Å². The van der Waals surface area contributed by atoms with Gasteiger partial charge in [-0.1, -0.05) is 11.6 Å². The Balaban J connectivity index is 1.73. The number of aromatic nitrogens is 2. The number of halogens is 2. The minimum absolute atomic E-state index is 0.697. The second-order valence-electron chi connectivity index (χ2n) is 3.81. The van der Waals surface area contributed by atoms with E-state index in [-0.39, 0.29) is 0 Å². The van der Waals surface area contributed by atoms with Crippen molar-refractivity contribution >= 4 is 49.5 Å². The normalized spacial score (nSPS) is 11.0. The molecular formula is C12H9BrClN3S. The Morgan fingerprint density at radius 1 is 1.44 bits per heavy atom. The summed E-state index contributed by atoms with van der Waals surface area (Å²) in [4.78, 5) is 5.53. The van der Waals surface area contributed by atoms with Crippen molar-refractivity contribution in [3.8, 4) is 0 Å². The van der Waals surface area contributed by atoms with E-state index in [1.54, 1.807) is 11.3 Å². The minimum atomic E-state index is 0.697. The van der Waals surface area contributed by atoms with Crippen molar-refractivity contribution in [2.24, 2.45) is 0 Å². The number of hydrogen-bond donors (Lipinski definition) is 1. The van der Waals surface area contributed by atoms with E-state index in [0.717, 1.165) is 20.8 Å². The van der Waals surface area contributed by atoms with Crippen molar-refractivity contribution in [3.05, 3.63) is 51.2 Å². The molecule has 0 unspecified atom stereocenters. The zero-order valence-electron chi connectivity index (χ0n) is 9.23. The molecule has 0 aliphatic rings. The number of imidazole rings is 1. The lowest BCUT2D eigenvalue weighted by Crippen LogP contribution is -1.99. The van der Waals surface area contributed by atoms with Crippen LogP contribution in [0.1, 0.15) is 5.69 Å². The van der Waals surface area contributed by atoms with E-state index in [1.807, 2.05) is 40.4 Å². The average molecular weight is 343 g/mol. The monoisotopic (exact) mass is 341 g/mol. The Hall–Kier alpha value is -1.04. The lowest BCUT2D eigenvalue weighted by atomic mass is 10.3. The molecule has 0 aliphatic carbocycles. The molecular weight excluding hydrogens is 334 g/mol. The van der Waals surface area contributed by atoms with Crippen molar-refractivity contribution < 1.29 is 0 Å². The molecule has 2 aromatic heterocycles. The zero-order chi connectivity index (χ0) is 12.5. The van der Waals surface area contributed by atoms with E-state index < -0.39 is 0 Å². The largest absolute Gasteiger partial charge is 0.379 e. The Kier molecular flexibility index (Phi) is 3.28. The van der Waals surface area contributed by atoms with Gasteiger partial charge in [0, 0.05) is 27.9 Å². The van der Waals surface area contributed by atoms with Crippen molar-refractivity contribution in [1.82, 2.24) is 9.38 Å². The molecule has 0 spiro atoms. The smallest absolute Gasteiger partial charge is 0.193 e. The molecule has 0 saturated heterocycles. The van der Waals surface area contributed by atoms with Crippen LogP contribution in [0.2, 0.25) is 5.02 Å². The molecule has 0 bridgehead atoms. The molecule has 2 heterocycles. The van der Waals surface area contributed by atoms with Crippen molar-refractivity contribution in [1.29, 1.82) is 0 Å². The summed E-state index contributed by atoms with van der Waals surface area (Å²) in [6.45, 7) is 0.697. The van der Waals surface area contributed by atoms with Gasteiger partial charge in [0.1, 0.15) is 0 Å². The first kappa shape index (κ1) is 12.0. The van der Waals surface area contributed by atoms with Crippen molar-refractivity contribution in [3.63, 3.8) is 0 Å². The van der Waals surface area contributed by atoms with Crippen LogP contribution in [0, 0.1) is 0 Å². The predicted octanol–water partition coefficient (Wildman–Crippen LogP) is 4.42. The standard InChI is InChI=1S/C12H9BrClN3S/c13-10-5-8(1-2-11(10)14)15-6-9-7-17-3-4-18-12(17)16-9/h1-5,7,15H,6H2. The van der Waals surface area contributed by atoms with E-state index in [0.29, 0.717) is 11.6 Å². The SMILES string of the molecule is Clc1ccc(NCc2cn3ccsc3n2)cc1Br. The van der Waals surface area contributed by atoms with Gasteiger partial charge in [0.25, 0.3) is 0 Å². The van der Waals surface area contributed by atoms with Gasteiger partial charge in [0.2, 0.25) is 0 Å². The van der Waals surface area contributed by atoms with Gasteiger partial charge >= 0.3 is 0 Å². The van der Waals surface area contributed by atoms with Crippen LogP contribution in [0.15, 0.2) is 40.4 Å². The van der Waals surface area contributed by atoms with Gasteiger partial charge in [-0.25, -0.2) is 4.98 Å². The predicted molar refractivity (Wildman–Crippen MR) is 79.5 cm³/mol. The van der Waals surface area contributed by atoms with Gasteiger partial charge in [0.15, 0.2) is 4.96 Å². The Morgan fingerprint density at radius 3 is 3.11 bits per heavy atom. The molecule has 1 aromatic carbocycles. The van der Waals surface area contributed by atoms with Crippen LogP contribution >= 0.6 is 38.9 Å². The van der Waals surface area contributed by atoms with Crippen molar-refractivity contribution in [2.75, 3.05) is 5.32 Å². The molecule has 0 aliphatic heterocycles. The summed E-state index contributed by atoms with van der Waals surface area (Å²) >= 11 is 11.0. The molecule has 3 nitrogen and oxygen atoms in total. The average Bonchev–Trinajstić information content (AvgIpc) is 2.91. The number of thiazole rings is 1. The number of anilines is 1. The third-order valence-electron chi connectivity index (χ3n) is 2.54. The van der Waals surface area contributed by atoms with Gasteiger partial charge in [-0.05, 0) is 34.1 Å². The summed E-state index contributed by atoms with van der Waals surface area (Å²) in [5, 5.41) is 6.05. The quantitative estimate of drug-likeness (QED) is 0.763. The van der Waals surface area contributed by atoms with Gasteiger partial charge in [-0.2, -0.15) is 0 Å². The molecule has 92 valence electrons. The Labute approximate surface area is 122 Å². The summed E-state index contributed by atoms with van der Waals surface area (Å²) in [7, 11) is 0. The van der Waals surface area contributed by atoms with Gasteiger partial charge in [-0.3, -0.25) is 4.40 Å². The fourth-order valence-corrected chi connectivity index (χ4v) is 2.88. The van der Waals surface area contributed by atoms with Gasteiger partial charge in [0.05, 0.1) is 17.3 Å². The molecule has 6 heteroatoms. The summed E-state index contributed by atoms with van der Waals surface area (Å²) < 4.78 is 2.92. The summed E-state index contributed by atoms with van der Waals surface area (Å²) in [5.41, 5.74) is 2.04. The number of fused-ring (bicyclic) bond motifs is 1. The first-order valence-corrected chi connectivity index (χ1v) is 7.37. The van der Waals surface area contributed by atoms with Gasteiger partial charge < -0.3 is 5.32 Å². The number of rotatable bonds is 3. The van der Waals surface area contributed by atoms with E-state index in [2.05, 4.69) is 26.2 Å². The fraction of sp³-hybridized carbons (Fsp3) is 0.0833. The van der Waals surface area contributed by atoms with Crippen molar-refractivity contribution in [2.45, 2.75) is 6.54 Å². The maximum absolute atomic E-state index is 5.95. The fourth-order valence-electron chi connectivity index (χ4n) is 1.66. The Bertz CT molecular complexity index is 663.